The molecule has 1 saturated heterocycles. The Kier molecular flexibility index (Phi) is 4.28. The van der Waals surface area contributed by atoms with Gasteiger partial charge in [0, 0.05) is 31.3 Å². The van der Waals surface area contributed by atoms with Gasteiger partial charge in [-0.15, -0.1) is 0 Å². The topological polar surface area (TPSA) is 55.6 Å². The minimum absolute atomic E-state index is 0.217. The normalized spacial score (nSPS) is 16.7. The van der Waals surface area contributed by atoms with Gasteiger partial charge in [0.2, 0.25) is 0 Å². The van der Waals surface area contributed by atoms with E-state index < -0.39 is 0 Å². The van der Waals surface area contributed by atoms with E-state index in [-0.39, 0.29) is 10.6 Å². The average Bonchev–Trinajstić information content (AvgIpc) is 2.38. The highest BCUT2D eigenvalue weighted by Crippen LogP contribution is 2.19. The monoisotopic (exact) mass is 250 g/mol. The van der Waals surface area contributed by atoms with Gasteiger partial charge in [-0.3, -0.25) is 15.0 Å². The van der Waals surface area contributed by atoms with Crippen LogP contribution in [0.3, 0.4) is 0 Å². The van der Waals surface area contributed by atoms with E-state index in [0.717, 1.165) is 50.4 Å². The second-order valence-electron chi connectivity index (χ2n) is 4.58. The van der Waals surface area contributed by atoms with Crippen LogP contribution in [0.5, 0.6) is 0 Å². The number of rotatable bonds is 4. The zero-order chi connectivity index (χ0) is 13.0. The van der Waals surface area contributed by atoms with Crippen molar-refractivity contribution in [3.63, 3.8) is 0 Å². The molecule has 0 unspecified atom stereocenters. The molecule has 98 valence electrons. The lowest BCUT2D eigenvalue weighted by Gasteiger charge is -2.26. The molecular formula is C13H18N2O3. The Morgan fingerprint density at radius 1 is 1.39 bits per heavy atom. The molecule has 1 aliphatic heterocycles. The summed E-state index contributed by atoms with van der Waals surface area (Å²) in [5.41, 5.74) is 1.96. The second-order valence-corrected chi connectivity index (χ2v) is 4.58. The highest BCUT2D eigenvalue weighted by Gasteiger charge is 2.13. The summed E-state index contributed by atoms with van der Waals surface area (Å²) in [7, 11) is 0. The Balaban J connectivity index is 1.96. The molecule has 0 aromatic heterocycles. The molecule has 1 heterocycles. The van der Waals surface area contributed by atoms with Crippen LogP contribution in [0.2, 0.25) is 0 Å². The van der Waals surface area contributed by atoms with Gasteiger partial charge in [-0.1, -0.05) is 12.1 Å². The lowest BCUT2D eigenvalue weighted by molar-refractivity contribution is -0.385. The number of benzene rings is 1. The fourth-order valence-electron chi connectivity index (χ4n) is 2.12. The van der Waals surface area contributed by atoms with E-state index >= 15 is 0 Å². The van der Waals surface area contributed by atoms with Crippen molar-refractivity contribution >= 4 is 5.69 Å². The van der Waals surface area contributed by atoms with Crippen LogP contribution >= 0.6 is 0 Å². The van der Waals surface area contributed by atoms with Crippen LogP contribution in [0.25, 0.3) is 0 Å². The van der Waals surface area contributed by atoms with Crippen LogP contribution in [0.1, 0.15) is 11.1 Å². The molecule has 18 heavy (non-hydrogen) atoms. The van der Waals surface area contributed by atoms with E-state index in [0.29, 0.717) is 0 Å². The van der Waals surface area contributed by atoms with Crippen LogP contribution in [-0.2, 0) is 11.2 Å². The maximum Gasteiger partial charge on any atom is 0.272 e. The molecule has 0 atom stereocenters. The van der Waals surface area contributed by atoms with Crippen LogP contribution in [0.4, 0.5) is 5.69 Å². The van der Waals surface area contributed by atoms with Gasteiger partial charge < -0.3 is 4.74 Å². The van der Waals surface area contributed by atoms with Crippen LogP contribution in [-0.4, -0.2) is 42.7 Å². The zero-order valence-corrected chi connectivity index (χ0v) is 10.6. The van der Waals surface area contributed by atoms with Crippen molar-refractivity contribution in [1.82, 2.24) is 4.90 Å². The third-order valence-electron chi connectivity index (χ3n) is 3.29. The van der Waals surface area contributed by atoms with E-state index in [9.17, 15) is 10.1 Å². The minimum atomic E-state index is -0.312. The van der Waals surface area contributed by atoms with Crippen molar-refractivity contribution in [2.75, 3.05) is 32.8 Å². The second kappa shape index (κ2) is 5.93. The highest BCUT2D eigenvalue weighted by atomic mass is 16.6. The number of nitrogens with zero attached hydrogens (tertiary/aromatic N) is 2. The number of hydrogen-bond acceptors (Lipinski definition) is 4. The van der Waals surface area contributed by atoms with E-state index in [4.69, 9.17) is 4.74 Å². The summed E-state index contributed by atoms with van der Waals surface area (Å²) in [6.07, 6.45) is 0.848. The molecule has 1 aromatic carbocycles. The van der Waals surface area contributed by atoms with Crippen molar-refractivity contribution < 1.29 is 9.66 Å². The van der Waals surface area contributed by atoms with Crippen LogP contribution in [0, 0.1) is 17.0 Å². The molecule has 5 nitrogen and oxygen atoms in total. The van der Waals surface area contributed by atoms with Gasteiger partial charge in [-0.05, 0) is 18.9 Å². The maximum atomic E-state index is 10.9. The Bertz CT molecular complexity index is 428. The first kappa shape index (κ1) is 13.0. The third kappa shape index (κ3) is 3.27. The predicted molar refractivity (Wildman–Crippen MR) is 68.8 cm³/mol. The fraction of sp³-hybridized carbons (Fsp3) is 0.538. The van der Waals surface area contributed by atoms with E-state index in [1.54, 1.807) is 13.0 Å². The first-order valence-corrected chi connectivity index (χ1v) is 6.21. The van der Waals surface area contributed by atoms with E-state index in [2.05, 4.69) is 4.90 Å². The predicted octanol–water partition coefficient (Wildman–Crippen LogP) is 1.78. The van der Waals surface area contributed by atoms with Gasteiger partial charge in [-0.25, -0.2) is 0 Å². The van der Waals surface area contributed by atoms with E-state index in [1.165, 1.54) is 0 Å². The molecule has 0 aliphatic carbocycles. The quantitative estimate of drug-likeness (QED) is 0.603. The fourth-order valence-corrected chi connectivity index (χ4v) is 2.12. The van der Waals surface area contributed by atoms with Gasteiger partial charge in [-0.2, -0.15) is 0 Å². The molecule has 0 spiro atoms. The molecule has 0 N–H and O–H groups in total. The number of nitro benzene ring substituents is 1. The molecule has 0 amide bonds. The van der Waals surface area contributed by atoms with Gasteiger partial charge in [0.1, 0.15) is 0 Å². The lowest BCUT2D eigenvalue weighted by atomic mass is 10.1. The van der Waals surface area contributed by atoms with Gasteiger partial charge >= 0.3 is 0 Å². The summed E-state index contributed by atoms with van der Waals surface area (Å²) in [6.45, 7) is 6.18. The number of aryl methyl sites for hydroxylation is 1. The molecule has 0 bridgehead atoms. The minimum Gasteiger partial charge on any atom is -0.379 e. The number of hydrogen-bond donors (Lipinski definition) is 0. The Morgan fingerprint density at radius 2 is 2.11 bits per heavy atom. The third-order valence-corrected chi connectivity index (χ3v) is 3.29. The van der Waals surface area contributed by atoms with Gasteiger partial charge in [0.05, 0.1) is 18.1 Å². The van der Waals surface area contributed by atoms with Crippen molar-refractivity contribution in [2.45, 2.75) is 13.3 Å². The molecule has 0 radical (unpaired) electrons. The molecule has 5 heteroatoms. The van der Waals surface area contributed by atoms with Crippen LogP contribution < -0.4 is 0 Å². The summed E-state index contributed by atoms with van der Waals surface area (Å²) < 4.78 is 5.29. The Morgan fingerprint density at radius 3 is 2.78 bits per heavy atom. The zero-order valence-electron chi connectivity index (χ0n) is 10.6. The summed E-state index contributed by atoms with van der Waals surface area (Å²) >= 11 is 0. The van der Waals surface area contributed by atoms with Crippen LogP contribution in [0.15, 0.2) is 18.2 Å². The largest absolute Gasteiger partial charge is 0.379 e. The number of morpholine rings is 1. The Hall–Kier alpha value is -1.46. The van der Waals surface area contributed by atoms with Crippen molar-refractivity contribution in [2.24, 2.45) is 0 Å². The lowest BCUT2D eigenvalue weighted by Crippen LogP contribution is -2.37. The number of ether oxygens (including phenoxy) is 1. The first-order chi connectivity index (χ1) is 8.66. The smallest absolute Gasteiger partial charge is 0.272 e. The van der Waals surface area contributed by atoms with E-state index in [1.807, 2.05) is 12.1 Å². The molecule has 1 aliphatic rings. The maximum absolute atomic E-state index is 10.9. The summed E-state index contributed by atoms with van der Waals surface area (Å²) in [5.74, 6) is 0. The van der Waals surface area contributed by atoms with Gasteiger partial charge in [0.25, 0.3) is 5.69 Å². The summed E-state index contributed by atoms with van der Waals surface area (Å²) in [5, 5.41) is 10.9. The Labute approximate surface area is 107 Å². The molecule has 2 rings (SSSR count). The summed E-state index contributed by atoms with van der Waals surface area (Å²) in [6, 6.07) is 5.49. The van der Waals surface area contributed by atoms with Crippen molar-refractivity contribution in [3.8, 4) is 0 Å². The molecule has 1 aromatic rings. The molecule has 1 fully saturated rings. The first-order valence-electron chi connectivity index (χ1n) is 6.21. The number of nitro groups is 1. The SMILES string of the molecule is Cc1ccc(CCN2CCOCC2)cc1[N+](=O)[O-]. The molecular weight excluding hydrogens is 232 g/mol. The van der Waals surface area contributed by atoms with Gasteiger partial charge in [0.15, 0.2) is 0 Å². The average molecular weight is 250 g/mol. The molecule has 0 saturated carbocycles. The van der Waals surface area contributed by atoms with Crippen molar-refractivity contribution in [1.29, 1.82) is 0 Å². The standard InChI is InChI=1S/C13H18N2O3/c1-11-2-3-12(10-13(11)15(16)17)4-5-14-6-8-18-9-7-14/h2-3,10H,4-9H2,1H3. The highest BCUT2D eigenvalue weighted by molar-refractivity contribution is 5.42. The van der Waals surface area contributed by atoms with Crippen molar-refractivity contribution in [3.05, 3.63) is 39.4 Å². The summed E-state index contributed by atoms with van der Waals surface area (Å²) in [4.78, 5) is 12.9.